The summed E-state index contributed by atoms with van der Waals surface area (Å²) in [5, 5.41) is 0. The maximum absolute atomic E-state index is 13.5. The smallest absolute Gasteiger partial charge is 0.465 e. The highest BCUT2D eigenvalue weighted by molar-refractivity contribution is 6.62. The number of benzene rings is 1. The zero-order valence-corrected chi connectivity index (χ0v) is 14.5. The van der Waals surface area contributed by atoms with Gasteiger partial charge in [-0.2, -0.15) is 0 Å². The average molecular weight is 338 g/mol. The van der Waals surface area contributed by atoms with Crippen LogP contribution in [0.3, 0.4) is 0 Å². The molecule has 24 heavy (non-hydrogen) atoms. The number of hydrogen-bond acceptors (Lipinski definition) is 4. The Morgan fingerprint density at radius 2 is 1.71 bits per heavy atom. The highest BCUT2D eigenvalue weighted by Gasteiger charge is 2.58. The number of esters is 1. The van der Waals surface area contributed by atoms with Gasteiger partial charge in [-0.25, -0.2) is 13.6 Å². The fourth-order valence-corrected chi connectivity index (χ4v) is 2.80. The molecule has 0 bridgehead atoms. The van der Waals surface area contributed by atoms with E-state index in [4.69, 9.17) is 14.0 Å². The third-order valence-electron chi connectivity index (χ3n) is 5.15. The largest absolute Gasteiger partial charge is 0.494 e. The van der Waals surface area contributed by atoms with Crippen LogP contribution in [0.4, 0.5) is 8.78 Å². The molecule has 1 saturated carbocycles. The summed E-state index contributed by atoms with van der Waals surface area (Å²) >= 11 is 0. The van der Waals surface area contributed by atoms with E-state index >= 15 is 0 Å². The number of carbonyl (C=O) groups excluding carboxylic acids is 1. The number of hydrogen-bond donors (Lipinski definition) is 0. The Bertz CT molecular complexity index is 671. The molecule has 1 aliphatic heterocycles. The van der Waals surface area contributed by atoms with Crippen molar-refractivity contribution in [2.45, 2.75) is 57.2 Å². The van der Waals surface area contributed by atoms with Crippen molar-refractivity contribution in [2.75, 3.05) is 7.11 Å². The van der Waals surface area contributed by atoms with Gasteiger partial charge in [0.2, 0.25) is 0 Å². The molecule has 1 aliphatic carbocycles. The Morgan fingerprint density at radius 3 is 2.17 bits per heavy atom. The molecule has 0 aromatic heterocycles. The predicted molar refractivity (Wildman–Crippen MR) is 85.8 cm³/mol. The third kappa shape index (κ3) is 2.84. The van der Waals surface area contributed by atoms with Gasteiger partial charge in [0.05, 0.1) is 29.8 Å². The average Bonchev–Trinajstić information content (AvgIpc) is 3.06. The molecule has 1 atom stereocenters. The fourth-order valence-electron chi connectivity index (χ4n) is 2.80. The summed E-state index contributed by atoms with van der Waals surface area (Å²) in [7, 11) is 0.542. The highest BCUT2D eigenvalue weighted by atomic mass is 19.3. The Hall–Kier alpha value is -1.47. The van der Waals surface area contributed by atoms with E-state index in [2.05, 4.69) is 0 Å². The SMILES string of the molecule is COC(=O)c1cc(B2OC(C)(C)C(C)(C)O2)cc(C2CC2(F)F)c1. The second-order valence-corrected chi connectivity index (χ2v) is 7.49. The maximum Gasteiger partial charge on any atom is 0.494 e. The van der Waals surface area contributed by atoms with Crippen LogP contribution < -0.4 is 5.46 Å². The lowest BCUT2D eigenvalue weighted by atomic mass is 9.77. The van der Waals surface area contributed by atoms with Crippen LogP contribution >= 0.6 is 0 Å². The van der Waals surface area contributed by atoms with E-state index < -0.39 is 36.1 Å². The molecular formula is C17H21BF2O4. The molecule has 1 aromatic carbocycles. The van der Waals surface area contributed by atoms with Crippen LogP contribution in [0.2, 0.25) is 0 Å². The van der Waals surface area contributed by atoms with Gasteiger partial charge in [0.1, 0.15) is 0 Å². The normalized spacial score (nSPS) is 26.3. The van der Waals surface area contributed by atoms with Crippen LogP contribution in [-0.4, -0.2) is 37.3 Å². The van der Waals surface area contributed by atoms with Crippen LogP contribution in [0.5, 0.6) is 0 Å². The summed E-state index contributed by atoms with van der Waals surface area (Å²) < 4.78 is 43.6. The van der Waals surface area contributed by atoms with Crippen molar-refractivity contribution in [3.63, 3.8) is 0 Å². The van der Waals surface area contributed by atoms with Crippen LogP contribution in [0.25, 0.3) is 0 Å². The molecule has 0 amide bonds. The van der Waals surface area contributed by atoms with Gasteiger partial charge in [0.25, 0.3) is 5.92 Å². The van der Waals surface area contributed by atoms with Crippen molar-refractivity contribution in [1.29, 1.82) is 0 Å². The zero-order chi connectivity index (χ0) is 17.9. The second-order valence-electron chi connectivity index (χ2n) is 7.49. The molecular weight excluding hydrogens is 317 g/mol. The molecule has 3 rings (SSSR count). The lowest BCUT2D eigenvalue weighted by Gasteiger charge is -2.32. The number of carbonyl (C=O) groups is 1. The van der Waals surface area contributed by atoms with E-state index in [1.54, 1.807) is 12.1 Å². The van der Waals surface area contributed by atoms with Gasteiger partial charge in [-0.1, -0.05) is 6.07 Å². The Balaban J connectivity index is 1.99. The predicted octanol–water partition coefficient (Wildman–Crippen LogP) is 2.90. The number of alkyl halides is 2. The molecule has 1 heterocycles. The minimum absolute atomic E-state index is 0.208. The van der Waals surface area contributed by atoms with Gasteiger partial charge < -0.3 is 14.0 Å². The van der Waals surface area contributed by atoms with Crippen molar-refractivity contribution in [3.05, 3.63) is 29.3 Å². The first-order chi connectivity index (χ1) is 11.0. The number of rotatable bonds is 3. The standard InChI is InChI=1S/C17H21BF2O4/c1-15(2)16(3,4)24-18(23-15)12-7-10(13-9-17(13,19)20)6-11(8-12)14(21)22-5/h6-8,13H,9H2,1-5H3. The summed E-state index contributed by atoms with van der Waals surface area (Å²) in [6, 6.07) is 4.68. The number of ether oxygens (including phenoxy) is 1. The van der Waals surface area contributed by atoms with Gasteiger partial charge in [-0.15, -0.1) is 0 Å². The summed E-state index contributed by atoms with van der Waals surface area (Å²) in [5.41, 5.74) is 0.0786. The van der Waals surface area contributed by atoms with E-state index in [0.717, 1.165) is 0 Å². The molecule has 1 saturated heterocycles. The molecule has 4 nitrogen and oxygen atoms in total. The minimum Gasteiger partial charge on any atom is -0.465 e. The Morgan fingerprint density at radius 1 is 1.17 bits per heavy atom. The molecule has 2 aliphatic rings. The van der Waals surface area contributed by atoms with Crippen LogP contribution in [0, 0.1) is 0 Å². The lowest BCUT2D eigenvalue weighted by Crippen LogP contribution is -2.41. The quantitative estimate of drug-likeness (QED) is 0.628. The Labute approximate surface area is 140 Å². The van der Waals surface area contributed by atoms with E-state index in [-0.39, 0.29) is 12.0 Å². The molecule has 1 unspecified atom stereocenters. The van der Waals surface area contributed by atoms with E-state index in [9.17, 15) is 13.6 Å². The molecule has 130 valence electrons. The summed E-state index contributed by atoms with van der Waals surface area (Å²) in [6.07, 6.45) is -0.208. The molecule has 1 aromatic rings. The van der Waals surface area contributed by atoms with Crippen molar-refractivity contribution in [2.24, 2.45) is 0 Å². The van der Waals surface area contributed by atoms with E-state index in [1.807, 2.05) is 27.7 Å². The van der Waals surface area contributed by atoms with Gasteiger partial charge in [0.15, 0.2) is 0 Å². The van der Waals surface area contributed by atoms with Gasteiger partial charge >= 0.3 is 13.1 Å². The van der Waals surface area contributed by atoms with Crippen molar-refractivity contribution in [3.8, 4) is 0 Å². The van der Waals surface area contributed by atoms with Gasteiger partial charge in [0, 0.05) is 6.42 Å². The lowest BCUT2D eigenvalue weighted by molar-refractivity contribution is 0.00578. The summed E-state index contributed by atoms with van der Waals surface area (Å²) in [6.45, 7) is 7.64. The topological polar surface area (TPSA) is 44.8 Å². The molecule has 0 spiro atoms. The van der Waals surface area contributed by atoms with Crippen molar-refractivity contribution >= 4 is 18.6 Å². The van der Waals surface area contributed by atoms with Crippen LogP contribution in [0.1, 0.15) is 56.0 Å². The van der Waals surface area contributed by atoms with Crippen LogP contribution in [0.15, 0.2) is 18.2 Å². The van der Waals surface area contributed by atoms with Gasteiger partial charge in [-0.3, -0.25) is 0 Å². The van der Waals surface area contributed by atoms with E-state index in [1.165, 1.54) is 13.2 Å². The summed E-state index contributed by atoms with van der Waals surface area (Å²) in [4.78, 5) is 11.9. The number of methoxy groups -OCH3 is 1. The minimum atomic E-state index is -2.72. The molecule has 0 radical (unpaired) electrons. The molecule has 2 fully saturated rings. The molecule has 7 heteroatoms. The second kappa shape index (κ2) is 5.26. The third-order valence-corrected chi connectivity index (χ3v) is 5.15. The first kappa shape index (κ1) is 17.4. The Kier molecular flexibility index (Phi) is 3.81. The number of halogens is 2. The first-order valence-corrected chi connectivity index (χ1v) is 7.93. The highest BCUT2D eigenvalue weighted by Crippen LogP contribution is 2.55. The van der Waals surface area contributed by atoms with Gasteiger partial charge in [-0.05, 0) is 50.9 Å². The van der Waals surface area contributed by atoms with E-state index in [0.29, 0.717) is 11.0 Å². The fraction of sp³-hybridized carbons (Fsp3) is 0.588. The first-order valence-electron chi connectivity index (χ1n) is 7.93. The van der Waals surface area contributed by atoms with Crippen molar-refractivity contribution in [1.82, 2.24) is 0 Å². The molecule has 0 N–H and O–H groups in total. The van der Waals surface area contributed by atoms with Crippen LogP contribution in [-0.2, 0) is 14.0 Å². The van der Waals surface area contributed by atoms with Crippen molar-refractivity contribution < 1.29 is 27.6 Å². The monoisotopic (exact) mass is 338 g/mol. The zero-order valence-electron chi connectivity index (χ0n) is 14.5. The maximum atomic E-state index is 13.5. The summed E-state index contributed by atoms with van der Waals surface area (Å²) in [5.74, 6) is -4.16.